The summed E-state index contributed by atoms with van der Waals surface area (Å²) in [4.78, 5) is 12.3. The van der Waals surface area contributed by atoms with E-state index in [2.05, 4.69) is 15.4 Å². The van der Waals surface area contributed by atoms with E-state index in [-0.39, 0.29) is 10.0 Å². The molecule has 29 heavy (non-hydrogen) atoms. The first-order chi connectivity index (χ1) is 13.8. The summed E-state index contributed by atoms with van der Waals surface area (Å²) < 4.78 is 27.4. The number of anilines is 2. The first kappa shape index (κ1) is 20.8. The second-order valence-corrected chi connectivity index (χ2v) is 8.44. The average Bonchev–Trinajstić information content (AvgIpc) is 2.68. The molecule has 0 radical (unpaired) electrons. The molecule has 0 heterocycles. The topological polar surface area (TPSA) is 87.3 Å². The van der Waals surface area contributed by atoms with Crippen LogP contribution >= 0.6 is 23.8 Å². The quantitative estimate of drug-likeness (QED) is 0.510. The molecule has 0 atom stereocenters. The third-order valence-electron chi connectivity index (χ3n) is 3.76. The van der Waals surface area contributed by atoms with Gasteiger partial charge in [-0.2, -0.15) is 0 Å². The minimum Gasteiger partial charge on any atom is -0.332 e. The molecule has 3 aromatic carbocycles. The van der Waals surface area contributed by atoms with Gasteiger partial charge >= 0.3 is 0 Å². The normalized spacial score (nSPS) is 10.8. The van der Waals surface area contributed by atoms with E-state index in [1.807, 2.05) is 0 Å². The van der Waals surface area contributed by atoms with E-state index < -0.39 is 15.9 Å². The van der Waals surface area contributed by atoms with Crippen molar-refractivity contribution in [2.45, 2.75) is 4.90 Å². The number of hydrogen-bond donors (Lipinski definition) is 3. The fourth-order valence-electron chi connectivity index (χ4n) is 2.41. The maximum absolute atomic E-state index is 12.4. The number of para-hydroxylation sites is 1. The van der Waals surface area contributed by atoms with E-state index in [0.717, 1.165) is 0 Å². The minimum absolute atomic E-state index is 0.0768. The predicted octanol–water partition coefficient (Wildman–Crippen LogP) is 4.27. The van der Waals surface area contributed by atoms with E-state index in [0.29, 0.717) is 22.0 Å². The summed E-state index contributed by atoms with van der Waals surface area (Å²) in [6.45, 7) is 0. The molecule has 148 valence electrons. The van der Waals surface area contributed by atoms with Crippen LogP contribution in [0.4, 0.5) is 11.4 Å². The molecule has 0 aliphatic rings. The smallest absolute Gasteiger partial charge is 0.261 e. The molecule has 0 unspecified atom stereocenters. The highest BCUT2D eigenvalue weighted by Crippen LogP contribution is 2.18. The summed E-state index contributed by atoms with van der Waals surface area (Å²) in [6.07, 6.45) is 0. The van der Waals surface area contributed by atoms with Crippen LogP contribution in [-0.2, 0) is 10.0 Å². The van der Waals surface area contributed by atoms with Crippen LogP contribution in [0.3, 0.4) is 0 Å². The predicted molar refractivity (Wildman–Crippen MR) is 119 cm³/mol. The van der Waals surface area contributed by atoms with Gasteiger partial charge in [-0.1, -0.05) is 35.9 Å². The molecular weight excluding hydrogens is 430 g/mol. The van der Waals surface area contributed by atoms with Crippen LogP contribution in [0.5, 0.6) is 0 Å². The van der Waals surface area contributed by atoms with E-state index in [4.69, 9.17) is 23.8 Å². The van der Waals surface area contributed by atoms with Crippen LogP contribution in [-0.4, -0.2) is 19.4 Å². The Morgan fingerprint density at radius 1 is 0.862 bits per heavy atom. The van der Waals surface area contributed by atoms with Gasteiger partial charge in [-0.05, 0) is 66.8 Å². The minimum atomic E-state index is -3.71. The van der Waals surface area contributed by atoms with Crippen LogP contribution in [0.25, 0.3) is 0 Å². The maximum Gasteiger partial charge on any atom is 0.261 e. The van der Waals surface area contributed by atoms with Gasteiger partial charge in [-0.15, -0.1) is 0 Å². The van der Waals surface area contributed by atoms with Crippen molar-refractivity contribution in [3.63, 3.8) is 0 Å². The fourth-order valence-corrected chi connectivity index (χ4v) is 3.86. The highest BCUT2D eigenvalue weighted by atomic mass is 35.5. The number of benzene rings is 3. The number of amides is 1. The van der Waals surface area contributed by atoms with Crippen molar-refractivity contribution >= 4 is 56.2 Å². The van der Waals surface area contributed by atoms with Crippen molar-refractivity contribution < 1.29 is 13.2 Å². The van der Waals surface area contributed by atoms with Crippen LogP contribution < -0.4 is 15.4 Å². The van der Waals surface area contributed by atoms with E-state index in [9.17, 15) is 13.2 Å². The Hall–Kier alpha value is -2.94. The van der Waals surface area contributed by atoms with E-state index in [1.165, 1.54) is 18.2 Å². The summed E-state index contributed by atoms with van der Waals surface area (Å²) in [5, 5.41) is 5.90. The molecule has 3 rings (SSSR count). The van der Waals surface area contributed by atoms with Gasteiger partial charge < -0.3 is 5.32 Å². The van der Waals surface area contributed by atoms with Gasteiger partial charge in [0, 0.05) is 22.0 Å². The lowest BCUT2D eigenvalue weighted by molar-refractivity contribution is 0.0977. The molecule has 0 bridgehead atoms. The van der Waals surface area contributed by atoms with Crippen LogP contribution in [0.2, 0.25) is 5.02 Å². The molecule has 6 nitrogen and oxygen atoms in total. The van der Waals surface area contributed by atoms with Gasteiger partial charge in [-0.3, -0.25) is 14.8 Å². The van der Waals surface area contributed by atoms with Crippen molar-refractivity contribution in [1.82, 2.24) is 5.32 Å². The lowest BCUT2D eigenvalue weighted by Gasteiger charge is -2.11. The summed E-state index contributed by atoms with van der Waals surface area (Å²) in [5.41, 5.74) is 1.37. The first-order valence-electron chi connectivity index (χ1n) is 8.39. The highest BCUT2D eigenvalue weighted by molar-refractivity contribution is 7.92. The zero-order valence-corrected chi connectivity index (χ0v) is 17.3. The summed E-state index contributed by atoms with van der Waals surface area (Å²) in [7, 11) is -3.71. The number of carbonyl (C=O) groups is 1. The molecule has 9 heteroatoms. The third-order valence-corrected chi connectivity index (χ3v) is 5.60. The molecular formula is C20H16ClN3O3S2. The Labute approximate surface area is 179 Å². The van der Waals surface area contributed by atoms with Gasteiger partial charge in [0.1, 0.15) is 0 Å². The van der Waals surface area contributed by atoms with Crippen molar-refractivity contribution in [3.8, 4) is 0 Å². The maximum atomic E-state index is 12.4. The Kier molecular flexibility index (Phi) is 6.48. The standard InChI is InChI=1S/C20H16ClN3O3S2/c21-15-6-4-5-14(13-15)19(25)23-20(28)22-16-9-11-18(12-10-16)29(26,27)24-17-7-2-1-3-8-17/h1-13,24H,(H2,22,23,25,28). The van der Waals surface area contributed by atoms with E-state index >= 15 is 0 Å². The number of rotatable bonds is 5. The van der Waals surface area contributed by atoms with Gasteiger partial charge in [-0.25, -0.2) is 8.42 Å². The number of hydrogen-bond acceptors (Lipinski definition) is 4. The Morgan fingerprint density at radius 3 is 2.21 bits per heavy atom. The lowest BCUT2D eigenvalue weighted by atomic mass is 10.2. The van der Waals surface area contributed by atoms with E-state index in [1.54, 1.807) is 60.7 Å². The van der Waals surface area contributed by atoms with Crippen LogP contribution in [0.15, 0.2) is 83.8 Å². The highest BCUT2D eigenvalue weighted by Gasteiger charge is 2.14. The molecule has 0 saturated heterocycles. The van der Waals surface area contributed by atoms with Crippen molar-refractivity contribution in [2.75, 3.05) is 10.0 Å². The summed E-state index contributed by atoms with van der Waals surface area (Å²) in [5.74, 6) is -0.406. The number of nitrogens with one attached hydrogen (secondary N) is 3. The van der Waals surface area contributed by atoms with Crippen molar-refractivity contribution in [3.05, 3.63) is 89.4 Å². The second kappa shape index (κ2) is 9.04. The zero-order chi connectivity index (χ0) is 20.9. The number of halogens is 1. The molecule has 0 aliphatic heterocycles. The second-order valence-electron chi connectivity index (χ2n) is 5.91. The monoisotopic (exact) mass is 445 g/mol. The lowest BCUT2D eigenvalue weighted by Crippen LogP contribution is -2.34. The summed E-state index contributed by atoms with van der Waals surface area (Å²) >= 11 is 11.0. The average molecular weight is 446 g/mol. The van der Waals surface area contributed by atoms with Gasteiger partial charge in [0.25, 0.3) is 15.9 Å². The molecule has 0 aromatic heterocycles. The van der Waals surface area contributed by atoms with Crippen LogP contribution in [0, 0.1) is 0 Å². The molecule has 0 saturated carbocycles. The van der Waals surface area contributed by atoms with Gasteiger partial charge in [0.2, 0.25) is 0 Å². The zero-order valence-electron chi connectivity index (χ0n) is 14.9. The SMILES string of the molecule is O=C(NC(=S)Nc1ccc(S(=O)(=O)Nc2ccccc2)cc1)c1cccc(Cl)c1. The molecule has 1 amide bonds. The number of sulfonamides is 1. The molecule has 0 spiro atoms. The van der Waals surface area contributed by atoms with Crippen molar-refractivity contribution in [1.29, 1.82) is 0 Å². The Morgan fingerprint density at radius 2 is 1.55 bits per heavy atom. The Balaban J connectivity index is 1.62. The fraction of sp³-hybridized carbons (Fsp3) is 0. The molecule has 3 aromatic rings. The van der Waals surface area contributed by atoms with Crippen LogP contribution in [0.1, 0.15) is 10.4 Å². The third kappa shape index (κ3) is 5.77. The summed E-state index contributed by atoms with van der Waals surface area (Å²) in [6, 6.07) is 21.1. The number of thiocarbonyl (C=S) groups is 1. The molecule has 0 aliphatic carbocycles. The van der Waals surface area contributed by atoms with Gasteiger partial charge in [0.15, 0.2) is 5.11 Å². The van der Waals surface area contributed by atoms with Gasteiger partial charge in [0.05, 0.1) is 4.90 Å². The Bertz CT molecular complexity index is 1140. The molecule has 3 N–H and O–H groups in total. The largest absolute Gasteiger partial charge is 0.332 e. The van der Waals surface area contributed by atoms with Crippen molar-refractivity contribution in [2.24, 2.45) is 0 Å². The number of carbonyl (C=O) groups excluding carboxylic acids is 1. The molecule has 0 fully saturated rings. The first-order valence-corrected chi connectivity index (χ1v) is 10.7.